The van der Waals surface area contributed by atoms with E-state index in [9.17, 15) is 22.8 Å². The van der Waals surface area contributed by atoms with Gasteiger partial charge in [0.2, 0.25) is 0 Å². The monoisotopic (exact) mass is 363 g/mol. The van der Waals surface area contributed by atoms with Crippen LogP contribution in [0.4, 0.5) is 13.2 Å². The Morgan fingerprint density at radius 2 is 1.96 bits per heavy atom. The Bertz CT molecular complexity index is 1080. The van der Waals surface area contributed by atoms with Crippen LogP contribution in [-0.4, -0.2) is 25.6 Å². The molecule has 3 aromatic rings. The maximum atomic E-state index is 14.1. The molecule has 6 nitrogen and oxygen atoms in total. The number of carbonyl (C=O) groups is 1. The summed E-state index contributed by atoms with van der Waals surface area (Å²) in [6.07, 6.45) is 1.37. The maximum Gasteiger partial charge on any atom is 0.323 e. The molecule has 0 aliphatic heterocycles. The van der Waals surface area contributed by atoms with Crippen LogP contribution in [0.15, 0.2) is 35.3 Å². The lowest BCUT2D eigenvalue weighted by molar-refractivity contribution is -0.137. The minimum absolute atomic E-state index is 0.0553. The summed E-state index contributed by atoms with van der Waals surface area (Å²) in [5.74, 6) is -6.80. The number of carboxylic acids is 1. The highest BCUT2D eigenvalue weighted by atomic mass is 19.2. The van der Waals surface area contributed by atoms with Gasteiger partial charge in [0.1, 0.15) is 18.0 Å². The summed E-state index contributed by atoms with van der Waals surface area (Å²) in [7, 11) is 0. The molecule has 134 valence electrons. The zero-order valence-corrected chi connectivity index (χ0v) is 13.4. The average molecular weight is 363 g/mol. The van der Waals surface area contributed by atoms with Gasteiger partial charge >= 0.3 is 5.97 Å². The third-order valence-corrected chi connectivity index (χ3v) is 3.98. The molecule has 0 aliphatic carbocycles. The van der Waals surface area contributed by atoms with Crippen molar-refractivity contribution >= 4 is 17.0 Å². The van der Waals surface area contributed by atoms with E-state index in [4.69, 9.17) is 5.11 Å². The van der Waals surface area contributed by atoms with Crippen molar-refractivity contribution in [2.45, 2.75) is 19.4 Å². The number of benzene rings is 1. The molecule has 1 unspecified atom stereocenters. The van der Waals surface area contributed by atoms with E-state index in [-0.39, 0.29) is 22.4 Å². The van der Waals surface area contributed by atoms with Crippen LogP contribution in [0.5, 0.6) is 0 Å². The number of hydrogen-bond acceptors (Lipinski definition) is 4. The van der Waals surface area contributed by atoms with Gasteiger partial charge in [0.15, 0.2) is 17.5 Å². The molecule has 26 heavy (non-hydrogen) atoms. The van der Waals surface area contributed by atoms with Gasteiger partial charge < -0.3 is 9.67 Å². The molecule has 0 radical (unpaired) electrons. The molecule has 1 N–H and O–H groups in total. The van der Waals surface area contributed by atoms with Gasteiger partial charge in [-0.1, -0.05) is 13.0 Å². The van der Waals surface area contributed by atoms with Crippen molar-refractivity contribution in [1.29, 1.82) is 0 Å². The first-order valence-corrected chi connectivity index (χ1v) is 7.52. The molecular weight excluding hydrogens is 351 g/mol. The van der Waals surface area contributed by atoms with Gasteiger partial charge in [0.05, 0.1) is 5.39 Å². The number of carboxylic acid groups (broad SMARTS) is 1. The Labute approximate surface area is 144 Å². The van der Waals surface area contributed by atoms with Crippen LogP contribution >= 0.6 is 0 Å². The van der Waals surface area contributed by atoms with Crippen LogP contribution in [0.3, 0.4) is 0 Å². The van der Waals surface area contributed by atoms with Crippen molar-refractivity contribution in [1.82, 2.24) is 14.5 Å². The number of rotatable bonds is 4. The van der Waals surface area contributed by atoms with Crippen molar-refractivity contribution in [3.8, 4) is 0 Å². The number of hydrogen-bond donors (Lipinski definition) is 1. The van der Waals surface area contributed by atoms with Gasteiger partial charge in [0, 0.05) is 17.7 Å². The quantitative estimate of drug-likeness (QED) is 0.720. The molecule has 0 saturated heterocycles. The van der Waals surface area contributed by atoms with Gasteiger partial charge in [-0.2, -0.15) is 4.98 Å². The Kier molecular flexibility index (Phi) is 4.45. The van der Waals surface area contributed by atoms with Gasteiger partial charge in [-0.25, -0.2) is 18.2 Å². The largest absolute Gasteiger partial charge is 0.480 e. The van der Waals surface area contributed by atoms with E-state index in [1.54, 1.807) is 0 Å². The van der Waals surface area contributed by atoms with E-state index in [1.807, 2.05) is 0 Å². The molecular formula is C17H12F3N3O3. The fourth-order valence-electron chi connectivity index (χ4n) is 2.75. The van der Waals surface area contributed by atoms with Crippen molar-refractivity contribution < 1.29 is 23.1 Å². The van der Waals surface area contributed by atoms with Crippen LogP contribution in [0.2, 0.25) is 0 Å². The van der Waals surface area contributed by atoms with Crippen LogP contribution < -0.4 is 5.56 Å². The third kappa shape index (κ3) is 2.92. The number of pyridine rings is 1. The standard InChI is InChI=1S/C17H12F3N3O3/c1-8(9-4-5-11(18)14(20)13(9)19)15-22-17(26)10-3-2-6-21-16(10)23(15)7-12(24)25/h2-6,8H,7H2,1H3,(H,24,25). The summed E-state index contributed by atoms with van der Waals surface area (Å²) < 4.78 is 42.0. The van der Waals surface area contributed by atoms with Crippen LogP contribution in [0.1, 0.15) is 24.2 Å². The van der Waals surface area contributed by atoms with Crippen molar-refractivity contribution in [3.63, 3.8) is 0 Å². The summed E-state index contributed by atoms with van der Waals surface area (Å²) >= 11 is 0. The number of fused-ring (bicyclic) bond motifs is 1. The van der Waals surface area contributed by atoms with E-state index in [2.05, 4.69) is 9.97 Å². The van der Waals surface area contributed by atoms with E-state index in [1.165, 1.54) is 25.3 Å². The van der Waals surface area contributed by atoms with Gasteiger partial charge in [-0.05, 0) is 18.2 Å². The molecule has 2 heterocycles. The first kappa shape index (κ1) is 17.6. The van der Waals surface area contributed by atoms with Gasteiger partial charge in [0.25, 0.3) is 5.56 Å². The second-order valence-corrected chi connectivity index (χ2v) is 5.62. The zero-order chi connectivity index (χ0) is 19.0. The SMILES string of the molecule is CC(c1ccc(F)c(F)c1F)c1nc(=O)c2cccnc2n1CC(=O)O. The zero-order valence-electron chi connectivity index (χ0n) is 13.4. The van der Waals surface area contributed by atoms with Crippen molar-refractivity contribution in [2.75, 3.05) is 0 Å². The predicted molar refractivity (Wildman–Crippen MR) is 85.3 cm³/mol. The molecule has 9 heteroatoms. The fraction of sp³-hybridized carbons (Fsp3) is 0.176. The number of nitrogens with zero attached hydrogens (tertiary/aromatic N) is 3. The summed E-state index contributed by atoms with van der Waals surface area (Å²) in [4.78, 5) is 31.3. The first-order valence-electron chi connectivity index (χ1n) is 7.52. The summed E-state index contributed by atoms with van der Waals surface area (Å²) in [6.45, 7) is 0.816. The minimum atomic E-state index is -1.65. The molecule has 1 aromatic carbocycles. The number of aliphatic carboxylic acids is 1. The summed E-state index contributed by atoms with van der Waals surface area (Å²) in [5.41, 5.74) is -0.885. The van der Waals surface area contributed by atoms with Gasteiger partial charge in [-0.15, -0.1) is 0 Å². The maximum absolute atomic E-state index is 14.1. The van der Waals surface area contributed by atoms with Crippen LogP contribution in [0, 0.1) is 17.5 Å². The second kappa shape index (κ2) is 6.58. The topological polar surface area (TPSA) is 85.1 Å². The summed E-state index contributed by atoms with van der Waals surface area (Å²) in [6, 6.07) is 4.71. The lowest BCUT2D eigenvalue weighted by Crippen LogP contribution is -2.25. The molecule has 1 atom stereocenters. The normalized spacial score (nSPS) is 12.3. The van der Waals surface area contributed by atoms with Crippen molar-refractivity contribution in [3.05, 3.63) is 69.7 Å². The molecule has 0 bridgehead atoms. The number of halogens is 3. The van der Waals surface area contributed by atoms with Crippen LogP contribution in [0.25, 0.3) is 11.0 Å². The molecule has 2 aromatic heterocycles. The first-order chi connectivity index (χ1) is 12.3. The van der Waals surface area contributed by atoms with Gasteiger partial charge in [-0.3, -0.25) is 9.59 Å². The Balaban J connectivity index is 2.29. The number of aromatic nitrogens is 3. The smallest absolute Gasteiger partial charge is 0.323 e. The van der Waals surface area contributed by atoms with Crippen molar-refractivity contribution in [2.24, 2.45) is 0 Å². The van der Waals surface area contributed by atoms with E-state index in [0.29, 0.717) is 0 Å². The Morgan fingerprint density at radius 3 is 2.65 bits per heavy atom. The summed E-state index contributed by atoms with van der Waals surface area (Å²) in [5, 5.41) is 9.26. The third-order valence-electron chi connectivity index (χ3n) is 3.98. The highest BCUT2D eigenvalue weighted by Crippen LogP contribution is 2.28. The molecule has 0 amide bonds. The van der Waals surface area contributed by atoms with E-state index >= 15 is 0 Å². The van der Waals surface area contributed by atoms with E-state index in [0.717, 1.165) is 16.7 Å². The molecule has 0 fully saturated rings. The minimum Gasteiger partial charge on any atom is -0.480 e. The molecule has 0 aliphatic rings. The Hall–Kier alpha value is -3.23. The molecule has 0 saturated carbocycles. The average Bonchev–Trinajstić information content (AvgIpc) is 2.61. The second-order valence-electron chi connectivity index (χ2n) is 5.62. The highest BCUT2D eigenvalue weighted by Gasteiger charge is 2.24. The molecule has 3 rings (SSSR count). The molecule has 0 spiro atoms. The Morgan fingerprint density at radius 1 is 1.23 bits per heavy atom. The fourth-order valence-corrected chi connectivity index (χ4v) is 2.75. The predicted octanol–water partition coefficient (Wildman–Crippen LogP) is 2.45. The van der Waals surface area contributed by atoms with E-state index < -0.39 is 41.4 Å². The van der Waals surface area contributed by atoms with Crippen LogP contribution in [-0.2, 0) is 11.3 Å². The lowest BCUT2D eigenvalue weighted by Gasteiger charge is -2.19. The highest BCUT2D eigenvalue weighted by molar-refractivity contribution is 5.76. The lowest BCUT2D eigenvalue weighted by atomic mass is 9.98.